The van der Waals surface area contributed by atoms with E-state index in [0.29, 0.717) is 0 Å². The Hall–Kier alpha value is 0.816. The molecule has 0 aliphatic carbocycles. The Morgan fingerprint density at radius 2 is 1.80 bits per heavy atom. The second-order valence-electron chi connectivity index (χ2n) is 3.14. The molecule has 0 unspecified atom stereocenters. The minimum Gasteiger partial charge on any atom is -1.00 e. The molecule has 0 aliphatic rings. The van der Waals surface area contributed by atoms with Gasteiger partial charge < -0.3 is 17.0 Å². The zero-order valence-corrected chi connectivity index (χ0v) is 13.2. The molecule has 0 fully saturated rings. The van der Waals surface area contributed by atoms with E-state index in [1.54, 1.807) is 0 Å². The van der Waals surface area contributed by atoms with Crippen LogP contribution in [0.5, 0.6) is 0 Å². The first-order valence-corrected chi connectivity index (χ1v) is 6.01. The van der Waals surface area contributed by atoms with Crippen LogP contribution in [0.3, 0.4) is 0 Å². The molecule has 1 aromatic carbocycles. The number of benzene rings is 1. The molecule has 3 heteroatoms. The Labute approximate surface area is 125 Å². The van der Waals surface area contributed by atoms with Crippen LogP contribution in [0.4, 0.5) is 0 Å². The summed E-state index contributed by atoms with van der Waals surface area (Å²) in [4.78, 5) is 1.37. The molecule has 1 rings (SSSR count). The van der Waals surface area contributed by atoms with E-state index in [1.165, 1.54) is 36.3 Å². The number of unbranched alkanes of at least 4 members (excludes halogenated alkanes) is 3. The summed E-state index contributed by atoms with van der Waals surface area (Å²) in [6.07, 6.45) is 5.42. The molecule has 0 spiro atoms. The average Bonchev–Trinajstić information content (AvgIpc) is 2.19. The normalized spacial score (nSPS) is 8.87. The van der Waals surface area contributed by atoms with Crippen LogP contribution >= 0.6 is 11.8 Å². The van der Waals surface area contributed by atoms with E-state index in [2.05, 4.69) is 25.1 Å². The van der Waals surface area contributed by atoms with Crippen LogP contribution < -0.4 is 17.0 Å². The van der Waals surface area contributed by atoms with E-state index >= 15 is 0 Å². The predicted molar refractivity (Wildman–Crippen MR) is 65.9 cm³/mol. The first-order valence-electron chi connectivity index (χ1n) is 5.02. The number of hydrogen-bond acceptors (Lipinski definition) is 1. The third-order valence-electron chi connectivity index (χ3n) is 1.95. The summed E-state index contributed by atoms with van der Waals surface area (Å²) in [6, 6.07) is 11.3. The first-order chi connectivity index (χ1) is 6.43. The summed E-state index contributed by atoms with van der Waals surface area (Å²) in [5.41, 5.74) is 0. The number of thioether (sulfide) groups is 1. The summed E-state index contributed by atoms with van der Waals surface area (Å²) >= 11 is 1.95. The minimum absolute atomic E-state index is 0. The SMILES string of the molecule is CCCCCCSc1cc[c-]cc1.[Br-].[Mg+2]. The van der Waals surface area contributed by atoms with E-state index in [0.717, 1.165) is 0 Å². The zero-order chi connectivity index (χ0) is 9.36. The molecular formula is C12H17BrMgS. The molecule has 15 heavy (non-hydrogen) atoms. The third kappa shape index (κ3) is 9.73. The number of hydrogen-bond donors (Lipinski definition) is 0. The maximum Gasteiger partial charge on any atom is 2.00 e. The molecule has 1 aromatic rings. The van der Waals surface area contributed by atoms with Crippen molar-refractivity contribution in [2.75, 3.05) is 5.75 Å². The summed E-state index contributed by atoms with van der Waals surface area (Å²) < 4.78 is 0. The monoisotopic (exact) mass is 296 g/mol. The van der Waals surface area contributed by atoms with Crippen molar-refractivity contribution in [1.29, 1.82) is 0 Å². The van der Waals surface area contributed by atoms with Crippen LogP contribution in [0.15, 0.2) is 29.2 Å². The van der Waals surface area contributed by atoms with Gasteiger partial charge in [-0.05, 0) is 12.2 Å². The molecule has 0 aromatic heterocycles. The molecule has 0 radical (unpaired) electrons. The van der Waals surface area contributed by atoms with Gasteiger partial charge in [-0.1, -0.05) is 26.2 Å². The van der Waals surface area contributed by atoms with E-state index in [9.17, 15) is 0 Å². The van der Waals surface area contributed by atoms with E-state index in [4.69, 9.17) is 0 Å². The molecule has 80 valence electrons. The van der Waals surface area contributed by atoms with Crippen molar-refractivity contribution in [2.45, 2.75) is 37.5 Å². The van der Waals surface area contributed by atoms with Gasteiger partial charge in [0.15, 0.2) is 0 Å². The van der Waals surface area contributed by atoms with Crippen molar-refractivity contribution < 1.29 is 17.0 Å². The molecule has 0 nitrogen and oxygen atoms in total. The Morgan fingerprint density at radius 1 is 1.13 bits per heavy atom. The van der Waals surface area contributed by atoms with Crippen molar-refractivity contribution in [3.63, 3.8) is 0 Å². The van der Waals surface area contributed by atoms with Crippen molar-refractivity contribution in [3.8, 4) is 0 Å². The third-order valence-corrected chi connectivity index (χ3v) is 3.05. The topological polar surface area (TPSA) is 0 Å². The second-order valence-corrected chi connectivity index (χ2v) is 4.31. The maximum atomic E-state index is 3.03. The van der Waals surface area contributed by atoms with Crippen molar-refractivity contribution in [1.82, 2.24) is 0 Å². The Kier molecular flexibility index (Phi) is 15.6. The number of halogens is 1. The van der Waals surface area contributed by atoms with Gasteiger partial charge in [0.2, 0.25) is 0 Å². The molecular weight excluding hydrogens is 280 g/mol. The number of rotatable bonds is 6. The van der Waals surface area contributed by atoms with Gasteiger partial charge in [-0.3, -0.25) is 0 Å². The fourth-order valence-electron chi connectivity index (χ4n) is 1.19. The van der Waals surface area contributed by atoms with Gasteiger partial charge in [-0.2, -0.15) is 42.1 Å². The molecule has 0 amide bonds. The zero-order valence-electron chi connectivity index (χ0n) is 9.34. The standard InChI is InChI=1S/C12H17S.BrH.Mg/c1-2-3-4-8-11-13-12-9-6-5-7-10-12;;/h6-7,9-10H,2-4,8,11H2,1H3;1H;/q-1;;+2/p-1. The molecule has 0 N–H and O–H groups in total. The second kappa shape index (κ2) is 12.9. The van der Waals surface area contributed by atoms with Crippen LogP contribution in [0.1, 0.15) is 32.6 Å². The van der Waals surface area contributed by atoms with Gasteiger partial charge in [-0.15, -0.1) is 4.90 Å². The van der Waals surface area contributed by atoms with Gasteiger partial charge in [0.25, 0.3) is 0 Å². The largest absolute Gasteiger partial charge is 2.00 e. The van der Waals surface area contributed by atoms with Crippen molar-refractivity contribution >= 4 is 34.8 Å². The summed E-state index contributed by atoms with van der Waals surface area (Å²) in [5, 5.41) is 0. The average molecular weight is 298 g/mol. The van der Waals surface area contributed by atoms with Crippen LogP contribution in [0.2, 0.25) is 0 Å². The predicted octanol–water partition coefficient (Wildman–Crippen LogP) is 0.782. The Morgan fingerprint density at radius 3 is 2.40 bits per heavy atom. The molecule has 0 saturated carbocycles. The molecule has 0 atom stereocenters. The minimum atomic E-state index is 0. The van der Waals surface area contributed by atoms with Gasteiger partial charge >= 0.3 is 23.1 Å². The van der Waals surface area contributed by atoms with Gasteiger partial charge in [-0.25, -0.2) is 0 Å². The Balaban J connectivity index is 0. The van der Waals surface area contributed by atoms with E-state index in [1.807, 2.05) is 23.9 Å². The fraction of sp³-hybridized carbons (Fsp3) is 0.500. The van der Waals surface area contributed by atoms with Gasteiger partial charge in [0.1, 0.15) is 0 Å². The van der Waals surface area contributed by atoms with Crippen molar-refractivity contribution in [2.24, 2.45) is 0 Å². The fourth-order valence-corrected chi connectivity index (χ4v) is 2.10. The smallest absolute Gasteiger partial charge is 1.00 e. The first kappa shape index (κ1) is 18.2. The van der Waals surface area contributed by atoms with Crippen molar-refractivity contribution in [3.05, 3.63) is 30.3 Å². The molecule has 0 bridgehead atoms. The van der Waals surface area contributed by atoms with Gasteiger partial charge in [0, 0.05) is 0 Å². The molecule has 0 saturated heterocycles. The Bertz CT molecular complexity index is 216. The quantitative estimate of drug-likeness (QED) is 0.324. The molecule has 0 aliphatic heterocycles. The molecule has 0 heterocycles. The van der Waals surface area contributed by atoms with E-state index < -0.39 is 0 Å². The maximum absolute atomic E-state index is 3.03. The van der Waals surface area contributed by atoms with E-state index in [-0.39, 0.29) is 40.0 Å². The summed E-state index contributed by atoms with van der Waals surface area (Å²) in [7, 11) is 0. The van der Waals surface area contributed by atoms with Crippen LogP contribution in [0, 0.1) is 6.07 Å². The summed E-state index contributed by atoms with van der Waals surface area (Å²) in [5.74, 6) is 1.25. The van der Waals surface area contributed by atoms with Gasteiger partial charge in [0.05, 0.1) is 0 Å². The summed E-state index contributed by atoms with van der Waals surface area (Å²) in [6.45, 7) is 2.25. The van der Waals surface area contributed by atoms with Crippen LogP contribution in [-0.2, 0) is 0 Å². The van der Waals surface area contributed by atoms with Crippen LogP contribution in [-0.4, -0.2) is 28.8 Å². The van der Waals surface area contributed by atoms with Crippen LogP contribution in [0.25, 0.3) is 0 Å².